The van der Waals surface area contributed by atoms with Crippen LogP contribution in [-0.4, -0.2) is 68.0 Å². The van der Waals surface area contributed by atoms with Gasteiger partial charge in [0.15, 0.2) is 11.5 Å². The summed E-state index contributed by atoms with van der Waals surface area (Å²) in [7, 11) is 3.42. The number of ether oxygens (including phenoxy) is 2. The third-order valence-electron chi connectivity index (χ3n) is 8.51. The van der Waals surface area contributed by atoms with Gasteiger partial charge in [-0.25, -0.2) is 0 Å². The minimum Gasteiger partial charge on any atom is -0.493 e. The van der Waals surface area contributed by atoms with Crippen molar-refractivity contribution >= 4 is 10.8 Å². The summed E-state index contributed by atoms with van der Waals surface area (Å²) in [6.45, 7) is 6.15. The number of hydrogen-bond donors (Lipinski definition) is 1. The van der Waals surface area contributed by atoms with Crippen LogP contribution in [0.3, 0.4) is 0 Å². The fourth-order valence-corrected chi connectivity index (χ4v) is 6.49. The maximum atomic E-state index is 11.0. The van der Waals surface area contributed by atoms with Crippen LogP contribution < -0.4 is 9.47 Å². The number of fused-ring (bicyclic) bond motifs is 2. The fourth-order valence-electron chi connectivity index (χ4n) is 6.49. The molecule has 1 saturated heterocycles. The van der Waals surface area contributed by atoms with E-state index in [1.165, 1.54) is 53.1 Å². The maximum absolute atomic E-state index is 11.0. The molecule has 0 radical (unpaired) electrons. The van der Waals surface area contributed by atoms with E-state index in [0.717, 1.165) is 70.0 Å². The number of nitrogens with zero attached hydrogens (tertiary/aromatic N) is 2. The van der Waals surface area contributed by atoms with Crippen molar-refractivity contribution in [2.24, 2.45) is 5.92 Å². The predicted molar refractivity (Wildman–Crippen MR) is 155 cm³/mol. The van der Waals surface area contributed by atoms with E-state index >= 15 is 0 Å². The second kappa shape index (κ2) is 13.0. The molecule has 0 amide bonds. The zero-order valence-corrected chi connectivity index (χ0v) is 23.2. The van der Waals surface area contributed by atoms with Crippen LogP contribution in [0, 0.1) is 5.92 Å². The maximum Gasteiger partial charge on any atom is 0.161 e. The molecule has 5 nitrogen and oxygen atoms in total. The summed E-state index contributed by atoms with van der Waals surface area (Å²) in [5.41, 5.74) is 4.08. The summed E-state index contributed by atoms with van der Waals surface area (Å²) in [6, 6.07) is 19.4. The molecule has 0 aromatic heterocycles. The number of aliphatic hydroxyl groups is 1. The summed E-state index contributed by atoms with van der Waals surface area (Å²) in [6.07, 6.45) is 7.61. The van der Waals surface area contributed by atoms with E-state index in [0.29, 0.717) is 5.92 Å². The molecule has 5 rings (SSSR count). The van der Waals surface area contributed by atoms with Gasteiger partial charge in [0.2, 0.25) is 0 Å². The molecule has 3 aromatic rings. The molecular formula is C33H44N2O3. The highest BCUT2D eigenvalue weighted by Gasteiger charge is 2.25. The molecule has 2 unspecified atom stereocenters. The Kier molecular flexibility index (Phi) is 9.21. The Balaban J connectivity index is 1.16. The molecule has 5 heteroatoms. The van der Waals surface area contributed by atoms with E-state index < -0.39 is 0 Å². The quantitative estimate of drug-likeness (QED) is 0.395. The summed E-state index contributed by atoms with van der Waals surface area (Å²) in [5.74, 6) is 2.29. The van der Waals surface area contributed by atoms with Gasteiger partial charge in [-0.1, -0.05) is 55.3 Å². The molecule has 0 spiro atoms. The van der Waals surface area contributed by atoms with Crippen molar-refractivity contribution in [3.63, 3.8) is 0 Å². The molecule has 1 fully saturated rings. The van der Waals surface area contributed by atoms with Crippen LogP contribution >= 0.6 is 0 Å². The van der Waals surface area contributed by atoms with Gasteiger partial charge in [0.05, 0.1) is 20.3 Å². The Morgan fingerprint density at radius 2 is 1.68 bits per heavy atom. The van der Waals surface area contributed by atoms with Gasteiger partial charge in [-0.3, -0.25) is 4.90 Å². The van der Waals surface area contributed by atoms with Gasteiger partial charge < -0.3 is 19.5 Å². The van der Waals surface area contributed by atoms with Crippen LogP contribution in [0.5, 0.6) is 11.5 Å². The van der Waals surface area contributed by atoms with E-state index in [1.807, 2.05) is 0 Å². The number of β-amino-alcohol motifs (C(OH)–C–C–N with tert-alkyl or cyclic N) is 1. The molecule has 3 aromatic carbocycles. The molecule has 0 aliphatic carbocycles. The fraction of sp³-hybridized carbons (Fsp3) is 0.515. The first-order valence-electron chi connectivity index (χ1n) is 14.5. The minimum atomic E-state index is -0.293. The molecule has 2 atom stereocenters. The molecule has 38 heavy (non-hydrogen) atoms. The van der Waals surface area contributed by atoms with Gasteiger partial charge in [0, 0.05) is 32.7 Å². The van der Waals surface area contributed by atoms with Crippen molar-refractivity contribution in [2.75, 3.05) is 46.9 Å². The van der Waals surface area contributed by atoms with Crippen LogP contribution in [0.1, 0.15) is 48.8 Å². The summed E-state index contributed by atoms with van der Waals surface area (Å²) >= 11 is 0. The van der Waals surface area contributed by atoms with E-state index in [-0.39, 0.29) is 6.10 Å². The zero-order chi connectivity index (χ0) is 26.3. The largest absolute Gasteiger partial charge is 0.493 e. The second-order valence-electron chi connectivity index (χ2n) is 11.3. The lowest BCUT2D eigenvalue weighted by molar-refractivity contribution is 0.0805. The van der Waals surface area contributed by atoms with Crippen molar-refractivity contribution in [3.05, 3.63) is 71.3 Å². The average molecular weight is 517 g/mol. The van der Waals surface area contributed by atoms with Gasteiger partial charge in [0.25, 0.3) is 0 Å². The van der Waals surface area contributed by atoms with E-state index in [1.54, 1.807) is 14.2 Å². The minimum absolute atomic E-state index is 0.293. The normalized spacial score (nSPS) is 19.9. The van der Waals surface area contributed by atoms with Crippen LogP contribution in [0.2, 0.25) is 0 Å². The van der Waals surface area contributed by atoms with Crippen molar-refractivity contribution < 1.29 is 14.6 Å². The molecule has 0 bridgehead atoms. The third-order valence-corrected chi connectivity index (χ3v) is 8.51. The monoisotopic (exact) mass is 516 g/mol. The topological polar surface area (TPSA) is 45.2 Å². The summed E-state index contributed by atoms with van der Waals surface area (Å²) in [4.78, 5) is 5.17. The second-order valence-corrected chi connectivity index (χ2v) is 11.3. The molecule has 0 saturated carbocycles. The Labute approximate surface area is 228 Å². The lowest BCUT2D eigenvalue weighted by atomic mass is 9.94. The van der Waals surface area contributed by atoms with Gasteiger partial charge in [0.1, 0.15) is 0 Å². The average Bonchev–Trinajstić information content (AvgIpc) is 2.93. The smallest absolute Gasteiger partial charge is 0.161 e. The van der Waals surface area contributed by atoms with Crippen molar-refractivity contribution in [1.82, 2.24) is 9.80 Å². The van der Waals surface area contributed by atoms with Crippen LogP contribution in [0.25, 0.3) is 10.8 Å². The third kappa shape index (κ3) is 6.69. The molecule has 1 N–H and O–H groups in total. The standard InChI is InChI=1S/C33H44N2O3/c1-37-32-19-28-16-18-35(23-29(28)20-33(32)38-2)22-25-9-4-3-7-17-34(21-25)24-30(36)15-14-27-12-8-11-26-10-5-6-13-31(26)27/h5-6,8,10-13,19-20,25,30,36H,3-4,7,9,14-18,21-24H2,1-2H3. The van der Waals surface area contributed by atoms with Gasteiger partial charge in [-0.05, 0) is 84.2 Å². The van der Waals surface area contributed by atoms with Crippen LogP contribution in [-0.2, 0) is 19.4 Å². The van der Waals surface area contributed by atoms with Gasteiger partial charge in [-0.15, -0.1) is 0 Å². The SMILES string of the molecule is COc1cc2c(cc1OC)CN(CC1CCCCCN(CC(O)CCc3cccc4ccccc34)C1)CC2. The number of hydrogen-bond acceptors (Lipinski definition) is 5. The van der Waals surface area contributed by atoms with Crippen molar-refractivity contribution in [1.29, 1.82) is 0 Å². The summed E-state index contributed by atoms with van der Waals surface area (Å²) in [5, 5.41) is 13.6. The van der Waals surface area contributed by atoms with Gasteiger partial charge in [-0.2, -0.15) is 0 Å². The van der Waals surface area contributed by atoms with Crippen molar-refractivity contribution in [3.8, 4) is 11.5 Å². The first-order valence-corrected chi connectivity index (χ1v) is 14.5. The molecule has 2 aliphatic rings. The highest BCUT2D eigenvalue weighted by atomic mass is 16.5. The Bertz CT molecular complexity index is 1190. The number of aryl methyl sites for hydroxylation is 1. The van der Waals surface area contributed by atoms with Gasteiger partial charge >= 0.3 is 0 Å². The number of methoxy groups -OCH3 is 2. The Morgan fingerprint density at radius 1 is 0.895 bits per heavy atom. The first kappa shape index (κ1) is 27.0. The van der Waals surface area contributed by atoms with E-state index in [2.05, 4.69) is 64.4 Å². The Morgan fingerprint density at radius 3 is 2.53 bits per heavy atom. The van der Waals surface area contributed by atoms with Crippen LogP contribution in [0.15, 0.2) is 54.6 Å². The summed E-state index contributed by atoms with van der Waals surface area (Å²) < 4.78 is 11.1. The zero-order valence-electron chi connectivity index (χ0n) is 23.2. The molecular weight excluding hydrogens is 472 g/mol. The van der Waals surface area contributed by atoms with E-state index in [4.69, 9.17) is 9.47 Å². The lowest BCUT2D eigenvalue weighted by Crippen LogP contribution is -2.42. The number of rotatable bonds is 9. The number of aliphatic hydroxyl groups excluding tert-OH is 1. The Hall–Kier alpha value is -2.60. The molecule has 2 heterocycles. The van der Waals surface area contributed by atoms with E-state index in [9.17, 15) is 5.11 Å². The number of benzene rings is 3. The molecule has 204 valence electrons. The first-order chi connectivity index (χ1) is 18.6. The molecule has 2 aliphatic heterocycles. The highest BCUT2D eigenvalue weighted by Crippen LogP contribution is 2.33. The lowest BCUT2D eigenvalue weighted by Gasteiger charge is -2.36. The number of likely N-dealkylation sites (tertiary alicyclic amines) is 1. The predicted octanol–water partition coefficient (Wildman–Crippen LogP) is 5.70. The van der Waals surface area contributed by atoms with Crippen molar-refractivity contribution in [2.45, 2.75) is 57.6 Å². The highest BCUT2D eigenvalue weighted by molar-refractivity contribution is 5.85. The van der Waals surface area contributed by atoms with Crippen LogP contribution in [0.4, 0.5) is 0 Å².